The number of likely N-dealkylation sites (N-methyl/N-ethyl adjacent to an activating group) is 1. The number of aromatic nitrogens is 2. The summed E-state index contributed by atoms with van der Waals surface area (Å²) in [7, 11) is 3.68. The molecule has 1 aromatic heterocycles. The molecule has 1 atom stereocenters. The Morgan fingerprint density at radius 1 is 1.35 bits per heavy atom. The molecule has 0 fully saturated rings. The Morgan fingerprint density at radius 3 is 2.70 bits per heavy atom. The van der Waals surface area contributed by atoms with Crippen molar-refractivity contribution >= 4 is 11.6 Å². The Morgan fingerprint density at radius 2 is 2.05 bits per heavy atom. The first kappa shape index (κ1) is 14.8. The zero-order chi connectivity index (χ0) is 14.9. The highest BCUT2D eigenvalue weighted by Crippen LogP contribution is 2.27. The maximum absolute atomic E-state index is 13.7. The Bertz CT molecular complexity index is 617. The Labute approximate surface area is 119 Å². The molecule has 108 valence electrons. The van der Waals surface area contributed by atoms with Crippen molar-refractivity contribution in [1.29, 1.82) is 0 Å². The molecule has 8 heteroatoms. The predicted molar refractivity (Wildman–Crippen MR) is 70.1 cm³/mol. The van der Waals surface area contributed by atoms with E-state index in [2.05, 4.69) is 10.1 Å². The van der Waals surface area contributed by atoms with Gasteiger partial charge in [0.2, 0.25) is 0 Å². The number of hydrogen-bond acceptors (Lipinski definition) is 5. The standard InChI is InChI=1S/C12H13ClF2N4O/c1-19(2)5-10(16)11-17-12(20-18-11)6-3-9(15)7(13)4-8(6)14/h3-4,10H,5,16H2,1-2H3. The van der Waals surface area contributed by atoms with Crippen LogP contribution in [0.15, 0.2) is 16.7 Å². The van der Waals surface area contributed by atoms with Crippen LogP contribution in [0, 0.1) is 11.6 Å². The van der Waals surface area contributed by atoms with E-state index in [-0.39, 0.29) is 22.3 Å². The van der Waals surface area contributed by atoms with Crippen LogP contribution in [0.4, 0.5) is 8.78 Å². The number of rotatable bonds is 4. The van der Waals surface area contributed by atoms with Crippen molar-refractivity contribution in [2.75, 3.05) is 20.6 Å². The third-order valence-corrected chi connectivity index (χ3v) is 2.87. The molecule has 2 N–H and O–H groups in total. The van der Waals surface area contributed by atoms with Crippen LogP contribution in [0.1, 0.15) is 11.9 Å². The first-order valence-corrected chi connectivity index (χ1v) is 6.15. The molecule has 20 heavy (non-hydrogen) atoms. The van der Waals surface area contributed by atoms with E-state index in [0.29, 0.717) is 6.54 Å². The molecule has 0 amide bonds. The fourth-order valence-corrected chi connectivity index (χ4v) is 1.81. The van der Waals surface area contributed by atoms with Crippen LogP contribution < -0.4 is 5.73 Å². The second kappa shape index (κ2) is 5.82. The van der Waals surface area contributed by atoms with E-state index in [1.165, 1.54) is 0 Å². The van der Waals surface area contributed by atoms with Gasteiger partial charge in [-0.05, 0) is 26.2 Å². The maximum Gasteiger partial charge on any atom is 0.261 e. The molecule has 0 saturated carbocycles. The largest absolute Gasteiger partial charge is 0.334 e. The van der Waals surface area contributed by atoms with Crippen LogP contribution in [-0.2, 0) is 0 Å². The van der Waals surface area contributed by atoms with Gasteiger partial charge in [0, 0.05) is 6.54 Å². The summed E-state index contributed by atoms with van der Waals surface area (Å²) in [5, 5.41) is 3.37. The highest BCUT2D eigenvalue weighted by molar-refractivity contribution is 6.30. The molecule has 2 rings (SSSR count). The minimum absolute atomic E-state index is 0.137. The molecule has 0 aliphatic rings. The van der Waals surface area contributed by atoms with E-state index in [9.17, 15) is 8.78 Å². The second-order valence-corrected chi connectivity index (χ2v) is 4.98. The summed E-state index contributed by atoms with van der Waals surface area (Å²) in [6.45, 7) is 0.496. The first-order chi connectivity index (χ1) is 9.38. The molecule has 1 unspecified atom stereocenters. The van der Waals surface area contributed by atoms with Gasteiger partial charge in [0.05, 0.1) is 16.6 Å². The molecule has 0 aliphatic heterocycles. The van der Waals surface area contributed by atoms with Crippen molar-refractivity contribution in [1.82, 2.24) is 15.0 Å². The number of benzene rings is 1. The first-order valence-electron chi connectivity index (χ1n) is 5.77. The predicted octanol–water partition coefficient (Wildman–Crippen LogP) is 2.23. The van der Waals surface area contributed by atoms with E-state index in [1.807, 2.05) is 19.0 Å². The molecule has 5 nitrogen and oxygen atoms in total. The van der Waals surface area contributed by atoms with Crippen molar-refractivity contribution in [3.8, 4) is 11.5 Å². The number of nitrogens with zero attached hydrogens (tertiary/aromatic N) is 3. The molecule has 0 bridgehead atoms. The van der Waals surface area contributed by atoms with E-state index in [1.54, 1.807) is 0 Å². The van der Waals surface area contributed by atoms with Gasteiger partial charge in [-0.3, -0.25) is 0 Å². The van der Waals surface area contributed by atoms with Crippen LogP contribution in [0.3, 0.4) is 0 Å². The zero-order valence-electron chi connectivity index (χ0n) is 10.9. The van der Waals surface area contributed by atoms with Gasteiger partial charge in [-0.15, -0.1) is 0 Å². The summed E-state index contributed by atoms with van der Waals surface area (Å²) < 4.78 is 32.0. The monoisotopic (exact) mass is 302 g/mol. The minimum Gasteiger partial charge on any atom is -0.334 e. The highest BCUT2D eigenvalue weighted by atomic mass is 35.5. The average molecular weight is 303 g/mol. The lowest BCUT2D eigenvalue weighted by Gasteiger charge is -2.12. The van der Waals surface area contributed by atoms with E-state index < -0.39 is 17.7 Å². The Balaban J connectivity index is 2.31. The van der Waals surface area contributed by atoms with E-state index in [0.717, 1.165) is 12.1 Å². The number of hydrogen-bond donors (Lipinski definition) is 1. The molecular weight excluding hydrogens is 290 g/mol. The molecule has 2 aromatic rings. The quantitative estimate of drug-likeness (QED) is 0.877. The SMILES string of the molecule is CN(C)CC(N)c1noc(-c2cc(F)c(Cl)cc2F)n1. The van der Waals surface area contributed by atoms with Gasteiger partial charge in [0.15, 0.2) is 5.82 Å². The van der Waals surface area contributed by atoms with Crippen LogP contribution in [-0.4, -0.2) is 35.7 Å². The van der Waals surface area contributed by atoms with Gasteiger partial charge in [-0.1, -0.05) is 16.8 Å². The fourth-order valence-electron chi connectivity index (χ4n) is 1.66. The molecule has 0 spiro atoms. The average Bonchev–Trinajstić information content (AvgIpc) is 2.82. The van der Waals surface area contributed by atoms with E-state index >= 15 is 0 Å². The summed E-state index contributed by atoms with van der Waals surface area (Å²) in [6, 6.07) is 1.28. The Kier molecular flexibility index (Phi) is 4.32. The van der Waals surface area contributed by atoms with Crippen molar-refractivity contribution in [2.24, 2.45) is 5.73 Å². The van der Waals surface area contributed by atoms with Gasteiger partial charge in [0.1, 0.15) is 11.6 Å². The van der Waals surface area contributed by atoms with Crippen molar-refractivity contribution in [3.05, 3.63) is 34.6 Å². The second-order valence-electron chi connectivity index (χ2n) is 4.57. The summed E-state index contributed by atoms with van der Waals surface area (Å²) >= 11 is 5.48. The highest BCUT2D eigenvalue weighted by Gasteiger charge is 2.19. The molecule has 1 aromatic carbocycles. The van der Waals surface area contributed by atoms with E-state index in [4.69, 9.17) is 21.9 Å². The topological polar surface area (TPSA) is 68.2 Å². The molecule has 0 aliphatic carbocycles. The zero-order valence-corrected chi connectivity index (χ0v) is 11.7. The lowest BCUT2D eigenvalue weighted by Crippen LogP contribution is -2.26. The van der Waals surface area contributed by atoms with Gasteiger partial charge < -0.3 is 15.2 Å². The fraction of sp³-hybridized carbons (Fsp3) is 0.333. The van der Waals surface area contributed by atoms with Gasteiger partial charge in [-0.2, -0.15) is 4.98 Å². The third kappa shape index (κ3) is 3.12. The maximum atomic E-state index is 13.7. The van der Waals surface area contributed by atoms with Crippen LogP contribution >= 0.6 is 11.6 Å². The van der Waals surface area contributed by atoms with Crippen molar-refractivity contribution in [3.63, 3.8) is 0 Å². The van der Waals surface area contributed by atoms with Crippen molar-refractivity contribution in [2.45, 2.75) is 6.04 Å². The third-order valence-electron chi connectivity index (χ3n) is 2.58. The lowest BCUT2D eigenvalue weighted by molar-refractivity contribution is 0.357. The molecular formula is C12H13ClF2N4O. The molecule has 1 heterocycles. The lowest BCUT2D eigenvalue weighted by atomic mass is 10.2. The molecule has 0 saturated heterocycles. The van der Waals surface area contributed by atoms with Gasteiger partial charge in [0.25, 0.3) is 5.89 Å². The van der Waals surface area contributed by atoms with Crippen molar-refractivity contribution < 1.29 is 13.3 Å². The van der Waals surface area contributed by atoms with Crippen LogP contribution in [0.2, 0.25) is 5.02 Å². The minimum atomic E-state index is -0.764. The molecule has 0 radical (unpaired) electrons. The van der Waals surface area contributed by atoms with Crippen LogP contribution in [0.25, 0.3) is 11.5 Å². The number of nitrogens with two attached hydrogens (primary N) is 1. The van der Waals surface area contributed by atoms with Gasteiger partial charge in [-0.25, -0.2) is 8.78 Å². The normalized spacial score (nSPS) is 12.9. The summed E-state index contributed by atoms with van der Waals surface area (Å²) in [6.07, 6.45) is 0. The number of halogens is 3. The Hall–Kier alpha value is -1.57. The smallest absolute Gasteiger partial charge is 0.261 e. The summed E-state index contributed by atoms with van der Waals surface area (Å²) in [5.74, 6) is -1.42. The van der Waals surface area contributed by atoms with Gasteiger partial charge >= 0.3 is 0 Å². The summed E-state index contributed by atoms with van der Waals surface area (Å²) in [5.41, 5.74) is 5.71. The van der Waals surface area contributed by atoms with Crippen LogP contribution in [0.5, 0.6) is 0 Å². The summed E-state index contributed by atoms with van der Waals surface area (Å²) in [4.78, 5) is 5.84.